The number of nitrogens with one attached hydrogen (secondary N) is 1. The van der Waals surface area contributed by atoms with Crippen LogP contribution in [0.4, 0.5) is 0 Å². The molecule has 46 valence electrons. The number of hydrogen-bond acceptors (Lipinski definition) is 3. The van der Waals surface area contributed by atoms with E-state index >= 15 is 0 Å². The third kappa shape index (κ3) is 8.58. The van der Waals surface area contributed by atoms with E-state index in [4.69, 9.17) is 0 Å². The van der Waals surface area contributed by atoms with Gasteiger partial charge < -0.3 is 22.0 Å². The number of amides is 1. The maximum absolute atomic E-state index is 10.2. The van der Waals surface area contributed by atoms with Crippen molar-refractivity contribution in [1.29, 1.82) is 0 Å². The minimum absolute atomic E-state index is 0. The Morgan fingerprint density at radius 1 is 1.89 bits per heavy atom. The van der Waals surface area contributed by atoms with Crippen molar-refractivity contribution in [2.24, 2.45) is 5.16 Å². The van der Waals surface area contributed by atoms with Crippen LogP contribution in [-0.2, 0) is 9.63 Å². The standard InChI is InChI=1S/C4H7N2O2.K/c1-5-4(7)3-8-6-2;/h2H,3H2,1H3,(H,5,7);/q-1;+1. The molecule has 0 aromatic heterocycles. The first-order valence-corrected chi connectivity index (χ1v) is 2.04. The molecule has 0 aliphatic rings. The fourth-order valence-corrected chi connectivity index (χ4v) is 0.168. The van der Waals surface area contributed by atoms with Crippen molar-refractivity contribution in [1.82, 2.24) is 5.32 Å². The molecule has 0 unspecified atom stereocenters. The molecular weight excluding hydrogens is 147 g/mol. The third-order valence-corrected chi connectivity index (χ3v) is 0.549. The van der Waals surface area contributed by atoms with Crippen LogP contribution < -0.4 is 56.7 Å². The summed E-state index contributed by atoms with van der Waals surface area (Å²) in [7, 11) is 1.50. The van der Waals surface area contributed by atoms with E-state index in [0.717, 1.165) is 0 Å². The molecule has 1 amide bonds. The number of carbonyl (C=O) groups is 1. The average Bonchev–Trinajstić information content (AvgIpc) is 1.83. The molecule has 0 saturated heterocycles. The summed E-state index contributed by atoms with van der Waals surface area (Å²) in [6.45, 7) is 4.44. The molecule has 4 nitrogen and oxygen atoms in total. The number of rotatable bonds is 3. The predicted molar refractivity (Wildman–Crippen MR) is 28.5 cm³/mol. The van der Waals surface area contributed by atoms with Crippen LogP contribution in [0, 0.1) is 0 Å². The van der Waals surface area contributed by atoms with Crippen molar-refractivity contribution in [2.75, 3.05) is 13.7 Å². The molecule has 0 radical (unpaired) electrons. The first-order valence-electron chi connectivity index (χ1n) is 2.04. The molecule has 0 aliphatic heterocycles. The summed E-state index contributed by atoms with van der Waals surface area (Å²) >= 11 is 0. The van der Waals surface area contributed by atoms with Crippen LogP contribution in [0.5, 0.6) is 0 Å². The minimum atomic E-state index is -0.251. The van der Waals surface area contributed by atoms with Gasteiger partial charge in [-0.25, -0.2) is 0 Å². The molecule has 0 bridgehead atoms. The third-order valence-electron chi connectivity index (χ3n) is 0.549. The Labute approximate surface area is 96.4 Å². The topological polar surface area (TPSA) is 50.7 Å². The van der Waals surface area contributed by atoms with Gasteiger partial charge in [0.1, 0.15) is 0 Å². The zero-order chi connectivity index (χ0) is 6.41. The quantitative estimate of drug-likeness (QED) is 0.196. The molecule has 1 N–H and O–H groups in total. The molecule has 0 aliphatic carbocycles. The van der Waals surface area contributed by atoms with Crippen molar-refractivity contribution in [2.45, 2.75) is 0 Å². The zero-order valence-electron chi connectivity index (χ0n) is 5.55. The van der Waals surface area contributed by atoms with Gasteiger partial charge in [-0.2, -0.15) is 0 Å². The molecule has 0 aromatic rings. The van der Waals surface area contributed by atoms with Gasteiger partial charge in [0, 0.05) is 7.05 Å². The van der Waals surface area contributed by atoms with Gasteiger partial charge in [-0.15, -0.1) is 0 Å². The van der Waals surface area contributed by atoms with Crippen LogP contribution in [0.25, 0.3) is 0 Å². The van der Waals surface area contributed by atoms with Gasteiger partial charge in [0.2, 0.25) is 0 Å². The van der Waals surface area contributed by atoms with Crippen LogP contribution in [-0.4, -0.2) is 26.3 Å². The fraction of sp³-hybridized carbons (Fsp3) is 0.500. The molecule has 0 heterocycles. The number of carbonyl (C=O) groups excluding carboxylic acids is 1. The SMILES string of the molecule is [CH-]=NOCC(=O)NC.[K+]. The van der Waals surface area contributed by atoms with E-state index in [1.807, 2.05) is 0 Å². The van der Waals surface area contributed by atoms with Crippen LogP contribution in [0.15, 0.2) is 5.16 Å². The van der Waals surface area contributed by atoms with Crippen LogP contribution in [0.1, 0.15) is 0 Å². The summed E-state index contributed by atoms with van der Waals surface area (Å²) in [5, 5.41) is 5.08. The molecule has 9 heavy (non-hydrogen) atoms. The van der Waals surface area contributed by atoms with Gasteiger partial charge in [0.05, 0.1) is 0 Å². The maximum atomic E-state index is 10.2. The van der Waals surface area contributed by atoms with E-state index < -0.39 is 0 Å². The first kappa shape index (κ1) is 12.3. The second-order valence-electron chi connectivity index (χ2n) is 1.05. The molecule has 0 aromatic carbocycles. The second kappa shape index (κ2) is 8.58. The average molecular weight is 154 g/mol. The van der Waals surface area contributed by atoms with Gasteiger partial charge in [-0.3, -0.25) is 4.79 Å². The summed E-state index contributed by atoms with van der Waals surface area (Å²) in [5.74, 6) is -0.251. The van der Waals surface area contributed by atoms with Gasteiger partial charge in [-0.1, -0.05) is 0 Å². The van der Waals surface area contributed by atoms with E-state index in [0.29, 0.717) is 0 Å². The number of hydrogen-bond donors (Lipinski definition) is 1. The summed E-state index contributed by atoms with van der Waals surface area (Å²) in [5.41, 5.74) is 0. The maximum Gasteiger partial charge on any atom is 1.00 e. The molecular formula is C4H7KN2O2. The van der Waals surface area contributed by atoms with E-state index in [-0.39, 0.29) is 63.9 Å². The predicted octanol–water partition coefficient (Wildman–Crippen LogP) is -3.75. The van der Waals surface area contributed by atoms with Crippen molar-refractivity contribution in [3.05, 3.63) is 0 Å². The van der Waals surface area contributed by atoms with Crippen molar-refractivity contribution in [3.63, 3.8) is 0 Å². The van der Waals surface area contributed by atoms with E-state index in [1.165, 1.54) is 7.05 Å². The van der Waals surface area contributed by atoms with Crippen molar-refractivity contribution in [3.8, 4) is 0 Å². The second-order valence-corrected chi connectivity index (χ2v) is 1.05. The van der Waals surface area contributed by atoms with Gasteiger partial charge in [0.15, 0.2) is 6.61 Å². The molecule has 0 saturated carbocycles. The smallest absolute Gasteiger partial charge is 0.423 e. The summed E-state index contributed by atoms with van der Waals surface area (Å²) < 4.78 is 0. The zero-order valence-corrected chi connectivity index (χ0v) is 8.67. The van der Waals surface area contributed by atoms with Gasteiger partial charge >= 0.3 is 51.4 Å². The summed E-state index contributed by atoms with van der Waals surface area (Å²) in [6, 6.07) is 0. The Balaban J connectivity index is 0. The van der Waals surface area contributed by atoms with Crippen LogP contribution >= 0.6 is 0 Å². The van der Waals surface area contributed by atoms with Gasteiger partial charge in [-0.05, 0) is 0 Å². The Morgan fingerprint density at radius 3 is 2.78 bits per heavy atom. The Kier molecular flexibility index (Phi) is 11.7. The summed E-state index contributed by atoms with van der Waals surface area (Å²) in [4.78, 5) is 14.4. The Bertz CT molecular complexity index is 96.6. The largest absolute Gasteiger partial charge is 1.00 e. The molecule has 5 heteroatoms. The van der Waals surface area contributed by atoms with Gasteiger partial charge in [0.25, 0.3) is 5.91 Å². The van der Waals surface area contributed by atoms with E-state index in [1.54, 1.807) is 0 Å². The van der Waals surface area contributed by atoms with Crippen LogP contribution in [0.3, 0.4) is 0 Å². The Morgan fingerprint density at radius 2 is 2.44 bits per heavy atom. The molecule has 0 spiro atoms. The molecule has 0 fully saturated rings. The Hall–Kier alpha value is 0.576. The minimum Gasteiger partial charge on any atom is -0.423 e. The normalized spacial score (nSPS) is 6.78. The fourth-order valence-electron chi connectivity index (χ4n) is 0.168. The van der Waals surface area contributed by atoms with E-state index in [2.05, 4.69) is 22.0 Å². The first-order chi connectivity index (χ1) is 3.81. The number of nitrogens with zero attached hydrogens (tertiary/aromatic N) is 1. The van der Waals surface area contributed by atoms with Crippen molar-refractivity contribution < 1.29 is 61.0 Å². The molecule has 0 rings (SSSR count). The van der Waals surface area contributed by atoms with Crippen LogP contribution in [0.2, 0.25) is 0 Å². The summed E-state index contributed by atoms with van der Waals surface area (Å²) in [6.07, 6.45) is 0. The molecule has 0 atom stereocenters. The van der Waals surface area contributed by atoms with E-state index in [9.17, 15) is 4.79 Å². The number of likely N-dealkylation sites (N-methyl/N-ethyl adjacent to an activating group) is 1. The van der Waals surface area contributed by atoms with Crippen molar-refractivity contribution >= 4 is 12.6 Å². The monoisotopic (exact) mass is 154 g/mol.